The van der Waals surface area contributed by atoms with Crippen LogP contribution in [0.4, 0.5) is 10.1 Å². The number of amides is 1. The van der Waals surface area contributed by atoms with Crippen molar-refractivity contribution in [1.29, 1.82) is 0 Å². The minimum atomic E-state index is -0.514. The Labute approximate surface area is 150 Å². The Morgan fingerprint density at radius 1 is 1.12 bits per heavy atom. The summed E-state index contributed by atoms with van der Waals surface area (Å²) in [5, 5.41) is 8.38. The maximum absolute atomic E-state index is 13.7. The largest absolute Gasteiger partial charge is 0.322 e. The normalized spacial score (nSPS) is 12.1. The molecule has 2 N–H and O–H groups in total. The lowest BCUT2D eigenvalue weighted by molar-refractivity contribution is -0.115. The molecule has 0 fully saturated rings. The Bertz CT molecular complexity index is 908. The van der Waals surface area contributed by atoms with E-state index in [1.807, 2.05) is 31.2 Å². The van der Waals surface area contributed by atoms with Crippen LogP contribution < -0.4 is 10.6 Å². The molecular weight excluding hydrogens is 339 g/mol. The molecule has 0 saturated carbocycles. The summed E-state index contributed by atoms with van der Waals surface area (Å²) in [7, 11) is 0. The Morgan fingerprint density at radius 2 is 1.88 bits per heavy atom. The quantitative estimate of drug-likeness (QED) is 0.681. The number of nitrogens with one attached hydrogen (secondary N) is 2. The second-order valence-corrected chi connectivity index (χ2v) is 6.28. The molecule has 3 aromatic rings. The summed E-state index contributed by atoms with van der Waals surface area (Å²) in [4.78, 5) is 12.1. The molecule has 25 heavy (non-hydrogen) atoms. The summed E-state index contributed by atoms with van der Waals surface area (Å²) < 4.78 is 13.7. The maximum atomic E-state index is 13.7. The molecule has 3 rings (SSSR count). The highest BCUT2D eigenvalue weighted by Gasteiger charge is 2.12. The maximum Gasteiger partial charge on any atom is 0.238 e. The standard InChI is InChI=1S/C20H18ClFN2O/c1-13(16-8-4-6-14-5-2-3-7-17(14)16)23-12-20(25)24-19-11-15(21)9-10-18(19)22/h2-11,13,23H,12H2,1H3,(H,24,25)/t13-/m0/s1. The van der Waals surface area contributed by atoms with Crippen molar-refractivity contribution in [2.24, 2.45) is 0 Å². The SMILES string of the molecule is C[C@H](NCC(=O)Nc1cc(Cl)ccc1F)c1cccc2ccccc12. The Balaban J connectivity index is 1.66. The third kappa shape index (κ3) is 4.16. The molecule has 0 spiro atoms. The zero-order valence-corrected chi connectivity index (χ0v) is 14.5. The Kier molecular flexibility index (Phi) is 5.31. The van der Waals surface area contributed by atoms with Crippen LogP contribution >= 0.6 is 11.6 Å². The van der Waals surface area contributed by atoms with Gasteiger partial charge in [0.1, 0.15) is 5.82 Å². The molecular formula is C20H18ClFN2O. The van der Waals surface area contributed by atoms with Gasteiger partial charge in [-0.1, -0.05) is 54.1 Å². The third-order valence-corrected chi connectivity index (χ3v) is 4.30. The molecule has 1 atom stereocenters. The van der Waals surface area contributed by atoms with Crippen LogP contribution in [0, 0.1) is 5.82 Å². The molecule has 0 aliphatic carbocycles. The lowest BCUT2D eigenvalue weighted by Gasteiger charge is -2.16. The monoisotopic (exact) mass is 356 g/mol. The zero-order chi connectivity index (χ0) is 17.8. The molecule has 1 amide bonds. The van der Waals surface area contributed by atoms with Gasteiger partial charge in [0, 0.05) is 11.1 Å². The van der Waals surface area contributed by atoms with Crippen LogP contribution in [0.3, 0.4) is 0 Å². The van der Waals surface area contributed by atoms with Gasteiger partial charge in [0.05, 0.1) is 12.2 Å². The van der Waals surface area contributed by atoms with Gasteiger partial charge in [0.25, 0.3) is 0 Å². The molecule has 0 unspecified atom stereocenters. The highest BCUT2D eigenvalue weighted by molar-refractivity contribution is 6.30. The fourth-order valence-electron chi connectivity index (χ4n) is 2.77. The van der Waals surface area contributed by atoms with Crippen LogP contribution in [0.2, 0.25) is 5.02 Å². The minimum absolute atomic E-state index is 0.0268. The number of anilines is 1. The molecule has 5 heteroatoms. The number of carbonyl (C=O) groups is 1. The van der Waals surface area contributed by atoms with E-state index in [4.69, 9.17) is 11.6 Å². The van der Waals surface area contributed by atoms with E-state index in [9.17, 15) is 9.18 Å². The van der Waals surface area contributed by atoms with Crippen molar-refractivity contribution in [1.82, 2.24) is 5.32 Å². The van der Waals surface area contributed by atoms with E-state index in [2.05, 4.69) is 28.8 Å². The first-order valence-corrected chi connectivity index (χ1v) is 8.38. The van der Waals surface area contributed by atoms with Crippen LogP contribution in [0.5, 0.6) is 0 Å². The Hall–Kier alpha value is -2.43. The minimum Gasteiger partial charge on any atom is -0.322 e. The number of hydrogen-bond donors (Lipinski definition) is 2. The summed E-state index contributed by atoms with van der Waals surface area (Å²) in [5.74, 6) is -0.840. The summed E-state index contributed by atoms with van der Waals surface area (Å²) in [6.07, 6.45) is 0. The van der Waals surface area contributed by atoms with E-state index in [0.29, 0.717) is 5.02 Å². The highest BCUT2D eigenvalue weighted by atomic mass is 35.5. The topological polar surface area (TPSA) is 41.1 Å². The van der Waals surface area contributed by atoms with E-state index >= 15 is 0 Å². The molecule has 0 heterocycles. The van der Waals surface area contributed by atoms with Gasteiger partial charge in [-0.05, 0) is 41.5 Å². The number of halogens is 2. The van der Waals surface area contributed by atoms with Gasteiger partial charge in [-0.3, -0.25) is 4.79 Å². The smallest absolute Gasteiger partial charge is 0.238 e. The number of benzene rings is 3. The molecule has 3 nitrogen and oxygen atoms in total. The van der Waals surface area contributed by atoms with Crippen molar-refractivity contribution in [3.8, 4) is 0 Å². The average molecular weight is 357 g/mol. The first-order chi connectivity index (χ1) is 12.0. The van der Waals surface area contributed by atoms with E-state index < -0.39 is 5.82 Å². The second-order valence-electron chi connectivity index (χ2n) is 5.84. The molecule has 0 bridgehead atoms. The average Bonchev–Trinajstić information content (AvgIpc) is 2.62. The highest BCUT2D eigenvalue weighted by Crippen LogP contribution is 2.24. The van der Waals surface area contributed by atoms with Crippen LogP contribution in [-0.2, 0) is 4.79 Å². The van der Waals surface area contributed by atoms with Crippen molar-refractivity contribution < 1.29 is 9.18 Å². The molecule has 0 saturated heterocycles. The molecule has 3 aromatic carbocycles. The second kappa shape index (κ2) is 7.64. The third-order valence-electron chi connectivity index (χ3n) is 4.06. The van der Waals surface area contributed by atoms with Gasteiger partial charge in [0.2, 0.25) is 5.91 Å². The fraction of sp³-hybridized carbons (Fsp3) is 0.150. The van der Waals surface area contributed by atoms with Gasteiger partial charge in [0.15, 0.2) is 0 Å². The lowest BCUT2D eigenvalue weighted by atomic mass is 10.00. The van der Waals surface area contributed by atoms with Gasteiger partial charge in [-0.2, -0.15) is 0 Å². The lowest BCUT2D eigenvalue weighted by Crippen LogP contribution is -2.30. The van der Waals surface area contributed by atoms with Crippen molar-refractivity contribution in [3.05, 3.63) is 77.1 Å². The summed E-state index contributed by atoms with van der Waals surface area (Å²) >= 11 is 5.83. The van der Waals surface area contributed by atoms with Gasteiger partial charge < -0.3 is 10.6 Å². The van der Waals surface area contributed by atoms with Crippen LogP contribution in [0.15, 0.2) is 60.7 Å². The summed E-state index contributed by atoms with van der Waals surface area (Å²) in [6, 6.07) is 18.2. The van der Waals surface area contributed by atoms with E-state index in [1.54, 1.807) is 0 Å². The molecule has 128 valence electrons. The van der Waals surface area contributed by atoms with E-state index in [1.165, 1.54) is 18.2 Å². The molecule has 0 aliphatic heterocycles. The zero-order valence-electron chi connectivity index (χ0n) is 13.7. The predicted octanol–water partition coefficient (Wildman–Crippen LogP) is 4.92. The van der Waals surface area contributed by atoms with Crippen molar-refractivity contribution in [3.63, 3.8) is 0 Å². The first kappa shape index (κ1) is 17.4. The number of hydrogen-bond acceptors (Lipinski definition) is 2. The van der Waals surface area contributed by atoms with Crippen LogP contribution in [0.25, 0.3) is 10.8 Å². The van der Waals surface area contributed by atoms with Gasteiger partial charge >= 0.3 is 0 Å². The van der Waals surface area contributed by atoms with E-state index in [0.717, 1.165) is 16.3 Å². The predicted molar refractivity (Wildman–Crippen MR) is 100 cm³/mol. The van der Waals surface area contributed by atoms with Crippen LogP contribution in [0.1, 0.15) is 18.5 Å². The summed E-state index contributed by atoms with van der Waals surface area (Å²) in [5.41, 5.74) is 1.19. The summed E-state index contributed by atoms with van der Waals surface area (Å²) in [6.45, 7) is 2.06. The van der Waals surface area contributed by atoms with Crippen LogP contribution in [-0.4, -0.2) is 12.5 Å². The number of fused-ring (bicyclic) bond motifs is 1. The van der Waals surface area contributed by atoms with E-state index in [-0.39, 0.29) is 24.2 Å². The van der Waals surface area contributed by atoms with Crippen molar-refractivity contribution in [2.45, 2.75) is 13.0 Å². The van der Waals surface area contributed by atoms with Gasteiger partial charge in [-0.25, -0.2) is 4.39 Å². The van der Waals surface area contributed by atoms with Gasteiger partial charge in [-0.15, -0.1) is 0 Å². The van der Waals surface area contributed by atoms with Crippen molar-refractivity contribution >= 4 is 34.0 Å². The van der Waals surface area contributed by atoms with Crippen molar-refractivity contribution in [2.75, 3.05) is 11.9 Å². The molecule has 0 aromatic heterocycles. The Morgan fingerprint density at radius 3 is 2.72 bits per heavy atom. The number of carbonyl (C=O) groups excluding carboxylic acids is 1. The number of rotatable bonds is 5. The molecule has 0 radical (unpaired) electrons. The molecule has 0 aliphatic rings. The first-order valence-electron chi connectivity index (χ1n) is 8.00. The fourth-order valence-corrected chi connectivity index (χ4v) is 2.94.